The first-order valence-electron chi connectivity index (χ1n) is 6.20. The molecule has 0 fully saturated rings. The van der Waals surface area contributed by atoms with Crippen molar-refractivity contribution in [1.29, 1.82) is 0 Å². The van der Waals surface area contributed by atoms with Crippen molar-refractivity contribution in [3.63, 3.8) is 0 Å². The van der Waals surface area contributed by atoms with Crippen LogP contribution in [0.5, 0.6) is 0 Å². The van der Waals surface area contributed by atoms with Gasteiger partial charge in [-0.05, 0) is 41.8 Å². The topological polar surface area (TPSA) is 23.5 Å². The van der Waals surface area contributed by atoms with Gasteiger partial charge in [-0.2, -0.15) is 0 Å². The fourth-order valence-corrected chi connectivity index (χ4v) is 1.93. The summed E-state index contributed by atoms with van der Waals surface area (Å²) >= 11 is 0. The Labute approximate surface area is 113 Å². The van der Waals surface area contributed by atoms with E-state index in [9.17, 15) is 9.50 Å². The van der Waals surface area contributed by atoms with Gasteiger partial charge in [0, 0.05) is 19.8 Å². The number of rotatable bonds is 3. The molecule has 0 bridgehead atoms. The fraction of sp³-hybridized carbons (Fsp3) is 0.250. The van der Waals surface area contributed by atoms with Crippen LogP contribution >= 0.6 is 0 Å². The molecule has 0 heterocycles. The molecule has 0 aliphatic rings. The van der Waals surface area contributed by atoms with Gasteiger partial charge in [0.1, 0.15) is 11.9 Å². The van der Waals surface area contributed by atoms with Crippen LogP contribution in [0.2, 0.25) is 0 Å². The number of nitrogens with zero attached hydrogens (tertiary/aromatic N) is 1. The number of halogens is 1. The third-order valence-electron chi connectivity index (χ3n) is 3.24. The Balaban J connectivity index is 2.27. The molecule has 3 heteroatoms. The molecule has 1 atom stereocenters. The molecule has 19 heavy (non-hydrogen) atoms. The molecule has 0 radical (unpaired) electrons. The van der Waals surface area contributed by atoms with Crippen LogP contribution in [0.15, 0.2) is 42.5 Å². The predicted molar refractivity (Wildman–Crippen MR) is 76.0 cm³/mol. The second-order valence-corrected chi connectivity index (χ2v) is 4.90. The molecular weight excluding hydrogens is 241 g/mol. The summed E-state index contributed by atoms with van der Waals surface area (Å²) < 4.78 is 13.5. The maximum atomic E-state index is 13.5. The molecule has 2 aromatic rings. The Morgan fingerprint density at radius 3 is 2.11 bits per heavy atom. The quantitative estimate of drug-likeness (QED) is 0.914. The van der Waals surface area contributed by atoms with Gasteiger partial charge in [0.15, 0.2) is 0 Å². The van der Waals surface area contributed by atoms with Crippen molar-refractivity contribution in [3.05, 3.63) is 65.0 Å². The van der Waals surface area contributed by atoms with Gasteiger partial charge in [-0.15, -0.1) is 0 Å². The summed E-state index contributed by atoms with van der Waals surface area (Å²) in [5, 5.41) is 10.3. The van der Waals surface area contributed by atoms with Crippen molar-refractivity contribution in [3.8, 4) is 0 Å². The van der Waals surface area contributed by atoms with E-state index in [1.54, 1.807) is 19.1 Å². The summed E-state index contributed by atoms with van der Waals surface area (Å²) in [6.45, 7) is 1.71. The molecule has 0 aromatic heterocycles. The lowest BCUT2D eigenvalue weighted by Gasteiger charge is -2.16. The van der Waals surface area contributed by atoms with E-state index in [1.807, 2.05) is 43.3 Å². The largest absolute Gasteiger partial charge is 0.384 e. The van der Waals surface area contributed by atoms with E-state index in [1.165, 1.54) is 6.07 Å². The molecule has 0 aliphatic heterocycles. The fourth-order valence-electron chi connectivity index (χ4n) is 1.93. The molecule has 100 valence electrons. The number of anilines is 1. The Morgan fingerprint density at radius 1 is 1.00 bits per heavy atom. The molecule has 2 aromatic carbocycles. The lowest BCUT2D eigenvalue weighted by Crippen LogP contribution is -2.08. The zero-order chi connectivity index (χ0) is 14.0. The van der Waals surface area contributed by atoms with Gasteiger partial charge in [0.2, 0.25) is 0 Å². The Bertz CT molecular complexity index is 563. The van der Waals surface area contributed by atoms with Crippen LogP contribution in [0, 0.1) is 12.7 Å². The molecular formula is C16H18FNO. The second kappa shape index (κ2) is 5.41. The number of aryl methyl sites for hydroxylation is 1. The summed E-state index contributed by atoms with van der Waals surface area (Å²) in [7, 11) is 3.92. The number of hydrogen-bond acceptors (Lipinski definition) is 2. The van der Waals surface area contributed by atoms with Crippen LogP contribution in [0.4, 0.5) is 10.1 Å². The monoisotopic (exact) mass is 259 g/mol. The molecule has 0 aliphatic carbocycles. The van der Waals surface area contributed by atoms with Gasteiger partial charge in [-0.3, -0.25) is 0 Å². The minimum absolute atomic E-state index is 0.290. The number of aliphatic hydroxyl groups excluding tert-OH is 1. The SMILES string of the molecule is Cc1ccc(C(O)c2ccc(N(C)C)cc2)cc1F. The van der Waals surface area contributed by atoms with E-state index in [0.717, 1.165) is 11.3 Å². The maximum Gasteiger partial charge on any atom is 0.126 e. The molecule has 0 saturated heterocycles. The summed E-state index contributed by atoms with van der Waals surface area (Å²) in [6.07, 6.45) is -0.800. The maximum absolute atomic E-state index is 13.5. The average Bonchev–Trinajstić information content (AvgIpc) is 2.41. The van der Waals surface area contributed by atoms with E-state index in [2.05, 4.69) is 0 Å². The van der Waals surface area contributed by atoms with Crippen LogP contribution in [-0.2, 0) is 0 Å². The van der Waals surface area contributed by atoms with Gasteiger partial charge in [-0.25, -0.2) is 4.39 Å². The molecule has 0 saturated carbocycles. The van der Waals surface area contributed by atoms with Crippen LogP contribution in [0.3, 0.4) is 0 Å². The van der Waals surface area contributed by atoms with Gasteiger partial charge in [-0.1, -0.05) is 24.3 Å². The van der Waals surface area contributed by atoms with Crippen LogP contribution in [0.25, 0.3) is 0 Å². The molecule has 2 nitrogen and oxygen atoms in total. The van der Waals surface area contributed by atoms with Crippen molar-refractivity contribution in [2.75, 3.05) is 19.0 Å². The smallest absolute Gasteiger partial charge is 0.126 e. The van der Waals surface area contributed by atoms with Crippen LogP contribution in [-0.4, -0.2) is 19.2 Å². The van der Waals surface area contributed by atoms with Gasteiger partial charge in [0.25, 0.3) is 0 Å². The van der Waals surface area contributed by atoms with Crippen molar-refractivity contribution < 1.29 is 9.50 Å². The van der Waals surface area contributed by atoms with Crippen molar-refractivity contribution in [2.45, 2.75) is 13.0 Å². The van der Waals surface area contributed by atoms with Crippen molar-refractivity contribution >= 4 is 5.69 Å². The Hall–Kier alpha value is -1.87. The van der Waals surface area contributed by atoms with E-state index in [-0.39, 0.29) is 5.82 Å². The third-order valence-corrected chi connectivity index (χ3v) is 3.24. The Kier molecular flexibility index (Phi) is 3.86. The highest BCUT2D eigenvalue weighted by atomic mass is 19.1. The first kappa shape index (κ1) is 13.6. The van der Waals surface area contributed by atoms with Gasteiger partial charge in [0.05, 0.1) is 0 Å². The zero-order valence-electron chi connectivity index (χ0n) is 11.4. The molecule has 0 amide bonds. The standard InChI is InChI=1S/C16H18FNO/c1-11-4-5-13(10-15(11)17)16(19)12-6-8-14(9-7-12)18(2)3/h4-10,16,19H,1-3H3. The molecule has 0 spiro atoms. The van der Waals surface area contributed by atoms with Crippen LogP contribution in [0.1, 0.15) is 22.8 Å². The Morgan fingerprint density at radius 2 is 1.58 bits per heavy atom. The summed E-state index contributed by atoms with van der Waals surface area (Å²) in [4.78, 5) is 1.99. The minimum Gasteiger partial charge on any atom is -0.384 e. The predicted octanol–water partition coefficient (Wildman–Crippen LogP) is 3.28. The molecule has 1 unspecified atom stereocenters. The highest BCUT2D eigenvalue weighted by Gasteiger charge is 2.12. The first-order valence-corrected chi connectivity index (χ1v) is 6.20. The minimum atomic E-state index is -0.800. The van der Waals surface area contributed by atoms with Crippen molar-refractivity contribution in [1.82, 2.24) is 0 Å². The summed E-state index contributed by atoms with van der Waals surface area (Å²) in [5.41, 5.74) is 2.97. The molecule has 2 rings (SSSR count). The normalized spacial score (nSPS) is 12.3. The first-order chi connectivity index (χ1) is 8.99. The van der Waals surface area contributed by atoms with E-state index in [0.29, 0.717) is 11.1 Å². The molecule has 1 N–H and O–H groups in total. The number of hydrogen-bond donors (Lipinski definition) is 1. The third kappa shape index (κ3) is 2.93. The van der Waals surface area contributed by atoms with Gasteiger partial charge < -0.3 is 10.0 Å². The number of aliphatic hydroxyl groups is 1. The van der Waals surface area contributed by atoms with Gasteiger partial charge >= 0.3 is 0 Å². The average molecular weight is 259 g/mol. The summed E-state index contributed by atoms with van der Waals surface area (Å²) in [5.74, 6) is -0.290. The second-order valence-electron chi connectivity index (χ2n) is 4.90. The zero-order valence-corrected chi connectivity index (χ0v) is 11.4. The summed E-state index contributed by atoms with van der Waals surface area (Å²) in [6, 6.07) is 12.4. The highest BCUT2D eigenvalue weighted by molar-refractivity contribution is 5.47. The van der Waals surface area contributed by atoms with E-state index in [4.69, 9.17) is 0 Å². The highest BCUT2D eigenvalue weighted by Crippen LogP contribution is 2.25. The van der Waals surface area contributed by atoms with E-state index >= 15 is 0 Å². The lowest BCUT2D eigenvalue weighted by molar-refractivity contribution is 0.220. The van der Waals surface area contributed by atoms with Crippen LogP contribution < -0.4 is 4.90 Å². The van der Waals surface area contributed by atoms with Crippen molar-refractivity contribution in [2.24, 2.45) is 0 Å². The lowest BCUT2D eigenvalue weighted by atomic mass is 10.00. The van der Waals surface area contributed by atoms with E-state index < -0.39 is 6.10 Å². The number of benzene rings is 2.